The number of benzene rings is 1. The van der Waals surface area contributed by atoms with E-state index in [0.717, 1.165) is 10.6 Å². The number of rotatable bonds is 4. The zero-order valence-electron chi connectivity index (χ0n) is 10.7. The summed E-state index contributed by atoms with van der Waals surface area (Å²) in [5.41, 5.74) is 0.857. The Labute approximate surface area is 135 Å². The topological polar surface area (TPSA) is 51.8 Å². The maximum Gasteiger partial charge on any atom is 0.237 e. The van der Waals surface area contributed by atoms with Crippen LogP contribution in [0.1, 0.15) is 5.89 Å². The maximum atomic E-state index is 6.04. The van der Waals surface area contributed by atoms with Crippen LogP contribution in [0.15, 0.2) is 52.1 Å². The van der Waals surface area contributed by atoms with Crippen molar-refractivity contribution in [3.8, 4) is 11.4 Å². The largest absolute Gasteiger partial charge is 0.338 e. The lowest BCUT2D eigenvalue weighted by atomic mass is 10.2. The molecule has 0 aliphatic heterocycles. The molecule has 0 N–H and O–H groups in total. The summed E-state index contributed by atoms with van der Waals surface area (Å²) >= 11 is 13.3. The van der Waals surface area contributed by atoms with Crippen LogP contribution in [0.25, 0.3) is 11.4 Å². The minimum Gasteiger partial charge on any atom is -0.338 e. The second kappa shape index (κ2) is 6.47. The molecule has 0 fully saturated rings. The van der Waals surface area contributed by atoms with Gasteiger partial charge in [0.25, 0.3) is 0 Å². The fourth-order valence-electron chi connectivity index (χ4n) is 1.64. The van der Waals surface area contributed by atoms with Crippen molar-refractivity contribution in [3.05, 3.63) is 58.5 Å². The van der Waals surface area contributed by atoms with Crippen molar-refractivity contribution in [2.75, 3.05) is 0 Å². The van der Waals surface area contributed by atoms with Crippen LogP contribution < -0.4 is 0 Å². The summed E-state index contributed by atoms with van der Waals surface area (Å²) in [4.78, 5) is 8.54. The SMILES string of the molecule is Clc1ccc(-c2noc(CSc3ncccc3Cl)n2)cc1. The molecule has 0 aliphatic carbocycles. The highest BCUT2D eigenvalue weighted by Gasteiger charge is 2.10. The van der Waals surface area contributed by atoms with Crippen molar-refractivity contribution >= 4 is 35.0 Å². The lowest BCUT2D eigenvalue weighted by molar-refractivity contribution is 0.391. The van der Waals surface area contributed by atoms with Crippen molar-refractivity contribution in [1.82, 2.24) is 15.1 Å². The van der Waals surface area contributed by atoms with Gasteiger partial charge in [0.15, 0.2) is 0 Å². The fraction of sp³-hybridized carbons (Fsp3) is 0.0714. The van der Waals surface area contributed by atoms with Gasteiger partial charge in [-0.3, -0.25) is 0 Å². The normalized spacial score (nSPS) is 10.8. The van der Waals surface area contributed by atoms with Gasteiger partial charge in [-0.25, -0.2) is 4.98 Å². The third-order valence-electron chi connectivity index (χ3n) is 2.63. The number of halogens is 2. The smallest absolute Gasteiger partial charge is 0.237 e. The van der Waals surface area contributed by atoms with E-state index in [-0.39, 0.29) is 0 Å². The molecule has 21 heavy (non-hydrogen) atoms. The summed E-state index contributed by atoms with van der Waals surface area (Å²) in [5, 5.41) is 5.98. The van der Waals surface area contributed by atoms with Crippen molar-refractivity contribution in [1.29, 1.82) is 0 Å². The molecule has 0 saturated carbocycles. The van der Waals surface area contributed by atoms with Gasteiger partial charge < -0.3 is 4.52 Å². The van der Waals surface area contributed by atoms with Gasteiger partial charge in [0.05, 0.1) is 10.8 Å². The van der Waals surface area contributed by atoms with Gasteiger partial charge in [0.1, 0.15) is 5.03 Å². The van der Waals surface area contributed by atoms with Crippen molar-refractivity contribution in [3.63, 3.8) is 0 Å². The van der Waals surface area contributed by atoms with E-state index in [0.29, 0.717) is 27.5 Å². The zero-order valence-corrected chi connectivity index (χ0v) is 13.0. The predicted octanol–water partition coefficient (Wildman–Crippen LogP) is 4.73. The monoisotopic (exact) mass is 337 g/mol. The summed E-state index contributed by atoms with van der Waals surface area (Å²) < 4.78 is 5.23. The highest BCUT2D eigenvalue weighted by atomic mass is 35.5. The third-order valence-corrected chi connectivity index (χ3v) is 4.29. The summed E-state index contributed by atoms with van der Waals surface area (Å²) in [7, 11) is 0. The summed E-state index contributed by atoms with van der Waals surface area (Å²) in [6, 6.07) is 10.9. The van der Waals surface area contributed by atoms with Gasteiger partial charge in [-0.1, -0.05) is 40.1 Å². The van der Waals surface area contributed by atoms with Gasteiger partial charge in [-0.2, -0.15) is 4.98 Å². The fourth-order valence-corrected chi connectivity index (χ4v) is 2.77. The molecule has 0 bridgehead atoms. The number of pyridine rings is 1. The van der Waals surface area contributed by atoms with Gasteiger partial charge in [-0.15, -0.1) is 0 Å². The van der Waals surface area contributed by atoms with Gasteiger partial charge in [0.2, 0.25) is 11.7 Å². The number of hydrogen-bond acceptors (Lipinski definition) is 5. The van der Waals surface area contributed by atoms with Crippen molar-refractivity contribution in [2.24, 2.45) is 0 Å². The Kier molecular flexibility index (Phi) is 4.43. The molecular formula is C14H9Cl2N3OS. The number of aromatic nitrogens is 3. The Morgan fingerprint density at radius 1 is 1.10 bits per heavy atom. The number of thioether (sulfide) groups is 1. The number of nitrogens with zero attached hydrogens (tertiary/aromatic N) is 3. The molecule has 0 saturated heterocycles. The molecule has 2 heterocycles. The Hall–Kier alpha value is -1.56. The van der Waals surface area contributed by atoms with Crippen molar-refractivity contribution in [2.45, 2.75) is 10.8 Å². The van der Waals surface area contributed by atoms with Crippen LogP contribution in [0.4, 0.5) is 0 Å². The molecule has 0 radical (unpaired) electrons. The minimum absolute atomic E-state index is 0.511. The Bertz CT molecular complexity index is 746. The lowest BCUT2D eigenvalue weighted by Crippen LogP contribution is -1.85. The van der Waals surface area contributed by atoms with E-state index in [9.17, 15) is 0 Å². The zero-order chi connectivity index (χ0) is 14.7. The van der Waals surface area contributed by atoms with Crippen molar-refractivity contribution < 1.29 is 4.52 Å². The first-order chi connectivity index (χ1) is 10.2. The van der Waals surface area contributed by atoms with Crippen LogP contribution in [0.5, 0.6) is 0 Å². The Morgan fingerprint density at radius 2 is 1.90 bits per heavy atom. The van der Waals surface area contributed by atoms with Gasteiger partial charge in [0, 0.05) is 16.8 Å². The molecule has 0 spiro atoms. The van der Waals surface area contributed by atoms with Gasteiger partial charge >= 0.3 is 0 Å². The van der Waals surface area contributed by atoms with Crippen LogP contribution >= 0.6 is 35.0 Å². The average molecular weight is 338 g/mol. The molecule has 0 aliphatic rings. The molecule has 0 atom stereocenters. The van der Waals surface area contributed by atoms with E-state index < -0.39 is 0 Å². The number of hydrogen-bond donors (Lipinski definition) is 0. The standard InChI is InChI=1S/C14H9Cl2N3OS/c15-10-5-3-9(4-6-10)13-18-12(20-19-13)8-21-14-11(16)2-1-7-17-14/h1-7H,8H2. The third kappa shape index (κ3) is 3.56. The van der Waals surface area contributed by atoms with Crippen LogP contribution in [-0.2, 0) is 5.75 Å². The molecule has 0 unspecified atom stereocenters. The molecule has 3 aromatic rings. The molecule has 106 valence electrons. The molecular weight excluding hydrogens is 329 g/mol. The van der Waals surface area contributed by atoms with E-state index >= 15 is 0 Å². The highest BCUT2D eigenvalue weighted by molar-refractivity contribution is 7.98. The Morgan fingerprint density at radius 3 is 2.67 bits per heavy atom. The first-order valence-electron chi connectivity index (χ1n) is 6.04. The van der Waals surface area contributed by atoms with E-state index in [1.165, 1.54) is 11.8 Å². The maximum absolute atomic E-state index is 6.04. The van der Waals surface area contributed by atoms with Crippen LogP contribution in [0.3, 0.4) is 0 Å². The molecule has 0 amide bonds. The summed E-state index contributed by atoms with van der Waals surface area (Å²) in [6.45, 7) is 0. The quantitative estimate of drug-likeness (QED) is 0.644. The van der Waals surface area contributed by atoms with E-state index in [2.05, 4.69) is 15.1 Å². The van der Waals surface area contributed by atoms with E-state index in [4.69, 9.17) is 27.7 Å². The molecule has 1 aromatic carbocycles. The molecule has 7 heteroatoms. The lowest BCUT2D eigenvalue weighted by Gasteiger charge is -1.98. The van der Waals surface area contributed by atoms with Gasteiger partial charge in [-0.05, 0) is 36.4 Å². The summed E-state index contributed by atoms with van der Waals surface area (Å²) in [5.74, 6) is 1.57. The van der Waals surface area contributed by atoms with E-state index in [1.54, 1.807) is 30.5 Å². The average Bonchev–Trinajstić information content (AvgIpc) is 2.96. The Balaban J connectivity index is 1.71. The highest BCUT2D eigenvalue weighted by Crippen LogP contribution is 2.27. The van der Waals surface area contributed by atoms with E-state index in [1.807, 2.05) is 12.1 Å². The van der Waals surface area contributed by atoms with Crippen LogP contribution in [-0.4, -0.2) is 15.1 Å². The first kappa shape index (κ1) is 14.4. The minimum atomic E-state index is 0.511. The summed E-state index contributed by atoms with van der Waals surface area (Å²) in [6.07, 6.45) is 1.70. The second-order valence-corrected chi connectivity index (χ2v) is 5.91. The second-order valence-electron chi connectivity index (χ2n) is 4.10. The van der Waals surface area contributed by atoms with Crippen LogP contribution in [0, 0.1) is 0 Å². The van der Waals surface area contributed by atoms with Crippen LogP contribution in [0.2, 0.25) is 10.0 Å². The molecule has 3 rings (SSSR count). The molecule has 4 nitrogen and oxygen atoms in total. The first-order valence-corrected chi connectivity index (χ1v) is 7.78. The molecule has 2 aromatic heterocycles. The predicted molar refractivity (Wildman–Crippen MR) is 83.6 cm³/mol.